The highest BCUT2D eigenvalue weighted by Gasteiger charge is 2.38. The Kier molecular flexibility index (Phi) is 10.6. The fourth-order valence-electron chi connectivity index (χ4n) is 6.29. The van der Waals surface area contributed by atoms with Gasteiger partial charge < -0.3 is 24.0 Å². The molecule has 0 bridgehead atoms. The van der Waals surface area contributed by atoms with E-state index in [1.165, 1.54) is 23.2 Å². The van der Waals surface area contributed by atoms with Crippen LogP contribution in [0.3, 0.4) is 0 Å². The second kappa shape index (κ2) is 14.4. The van der Waals surface area contributed by atoms with Gasteiger partial charge in [-0.2, -0.15) is 9.29 Å². The molecule has 3 heterocycles. The van der Waals surface area contributed by atoms with Crippen LogP contribution < -0.4 is 14.4 Å². The van der Waals surface area contributed by atoms with Gasteiger partial charge in [0.05, 0.1) is 24.2 Å². The van der Waals surface area contributed by atoms with Gasteiger partial charge in [-0.15, -0.1) is 0 Å². The molecule has 0 saturated carbocycles. The maximum Gasteiger partial charge on any atom is 0.243 e. The highest BCUT2D eigenvalue weighted by Crippen LogP contribution is 2.38. The molecular weight excluding hydrogens is 597 g/mol. The number of piperidine rings is 1. The first-order chi connectivity index (χ1) is 21.6. The van der Waals surface area contributed by atoms with Crippen LogP contribution in [0.1, 0.15) is 42.4 Å². The lowest BCUT2D eigenvalue weighted by Crippen LogP contribution is -2.45. The largest absolute Gasteiger partial charge is 0.497 e. The average molecular weight is 642 g/mol. The number of ether oxygens (including phenoxy) is 3. The van der Waals surface area contributed by atoms with Gasteiger partial charge >= 0.3 is 0 Å². The first-order valence-corrected chi connectivity index (χ1v) is 17.0. The molecule has 0 unspecified atom stereocenters. The molecule has 45 heavy (non-hydrogen) atoms. The zero-order valence-corrected chi connectivity index (χ0v) is 27.5. The second-order valence-corrected chi connectivity index (χ2v) is 13.8. The molecule has 2 aliphatic rings. The molecule has 1 aromatic heterocycles. The van der Waals surface area contributed by atoms with Gasteiger partial charge in [-0.1, -0.05) is 12.1 Å². The zero-order valence-electron chi connectivity index (χ0n) is 26.7. The van der Waals surface area contributed by atoms with Crippen molar-refractivity contribution in [3.8, 4) is 11.6 Å². The van der Waals surface area contributed by atoms with E-state index in [4.69, 9.17) is 14.2 Å². The van der Waals surface area contributed by atoms with E-state index in [-0.39, 0.29) is 23.9 Å². The van der Waals surface area contributed by atoms with Crippen molar-refractivity contribution in [2.45, 2.75) is 50.0 Å². The maximum absolute atomic E-state index is 14.3. The van der Waals surface area contributed by atoms with Crippen LogP contribution in [-0.4, -0.2) is 94.2 Å². The van der Waals surface area contributed by atoms with Crippen LogP contribution in [0.2, 0.25) is 0 Å². The number of likely N-dealkylation sites (tertiary alicyclic amines) is 1. The Balaban J connectivity index is 1.19. The number of aryl methyl sites for hydroxylation is 2. The Morgan fingerprint density at radius 2 is 1.71 bits per heavy atom. The highest BCUT2D eigenvalue weighted by molar-refractivity contribution is 7.89. The van der Waals surface area contributed by atoms with Gasteiger partial charge in [0.1, 0.15) is 18.2 Å². The number of likely N-dealkylation sites (N-methyl/N-ethyl adjacent to an activating group) is 1. The number of rotatable bonds is 13. The van der Waals surface area contributed by atoms with E-state index in [1.807, 2.05) is 6.07 Å². The van der Waals surface area contributed by atoms with Crippen LogP contribution in [0.15, 0.2) is 53.6 Å². The SMILES string of the molecule is COc1cc(C)c(S(=O)(=O)N(C)CCOc2ccnc(N3CCC(OCCN4CCCC4)(c4cccc(F)c4)CC3)n2)c(C)c1. The topological polar surface area (TPSA) is 97.3 Å². The predicted octanol–water partition coefficient (Wildman–Crippen LogP) is 4.55. The van der Waals surface area contributed by atoms with E-state index in [0.29, 0.717) is 61.2 Å². The van der Waals surface area contributed by atoms with Crippen LogP contribution >= 0.6 is 0 Å². The van der Waals surface area contributed by atoms with E-state index in [0.717, 1.165) is 25.2 Å². The summed E-state index contributed by atoms with van der Waals surface area (Å²) in [6.07, 6.45) is 5.43. The predicted molar refractivity (Wildman–Crippen MR) is 171 cm³/mol. The second-order valence-electron chi connectivity index (χ2n) is 11.8. The molecular formula is C33H44FN5O5S. The first-order valence-electron chi connectivity index (χ1n) is 15.6. The van der Waals surface area contributed by atoms with Gasteiger partial charge in [-0.05, 0) is 93.6 Å². The average Bonchev–Trinajstić information content (AvgIpc) is 3.54. The Morgan fingerprint density at radius 3 is 2.38 bits per heavy atom. The van der Waals surface area contributed by atoms with Gasteiger partial charge in [0.25, 0.3) is 0 Å². The smallest absolute Gasteiger partial charge is 0.243 e. The molecule has 5 rings (SSSR count). The highest BCUT2D eigenvalue weighted by atomic mass is 32.2. The van der Waals surface area contributed by atoms with Crippen LogP contribution in [0.5, 0.6) is 11.6 Å². The molecule has 0 spiro atoms. The van der Waals surface area contributed by atoms with Crippen LogP contribution in [0, 0.1) is 19.7 Å². The monoisotopic (exact) mass is 641 g/mol. The van der Waals surface area contributed by atoms with Crippen molar-refractivity contribution < 1.29 is 27.0 Å². The summed E-state index contributed by atoms with van der Waals surface area (Å²) in [4.78, 5) is 13.9. The minimum Gasteiger partial charge on any atom is -0.497 e. The normalized spacial score (nSPS) is 17.2. The number of benzene rings is 2. The van der Waals surface area contributed by atoms with E-state index < -0.39 is 15.6 Å². The van der Waals surface area contributed by atoms with E-state index in [1.54, 1.807) is 64.5 Å². The quantitative estimate of drug-likeness (QED) is 0.266. The number of anilines is 1. The van der Waals surface area contributed by atoms with E-state index >= 15 is 0 Å². The fraction of sp³-hybridized carbons (Fsp3) is 0.515. The number of hydrogen-bond acceptors (Lipinski definition) is 9. The van der Waals surface area contributed by atoms with Crippen molar-refractivity contribution in [2.75, 3.05) is 71.5 Å². The molecule has 0 radical (unpaired) electrons. The lowest BCUT2D eigenvalue weighted by Gasteiger charge is -2.42. The number of halogens is 1. The standard InChI is InChI=1S/C33H44FN5O5S/c1-25-22-29(42-4)23-26(2)31(25)45(40,41)37(3)18-20-43-30-10-13-35-32(36-30)39-16-11-33(12-17-39,27-8-7-9-28(34)24-27)44-21-19-38-14-5-6-15-38/h7-10,13,22-24H,5-6,11-12,14-21H2,1-4H3. The number of hydrogen-bond donors (Lipinski definition) is 0. The summed E-state index contributed by atoms with van der Waals surface area (Å²) in [7, 11) is -0.637. The number of sulfonamides is 1. The third kappa shape index (κ3) is 7.74. The Labute approximate surface area is 266 Å². The van der Waals surface area contributed by atoms with Gasteiger partial charge in [0.15, 0.2) is 0 Å². The van der Waals surface area contributed by atoms with Crippen LogP contribution in [-0.2, 0) is 20.4 Å². The summed E-state index contributed by atoms with van der Waals surface area (Å²) in [6.45, 7) is 8.72. The minimum absolute atomic E-state index is 0.119. The van der Waals surface area contributed by atoms with Crippen molar-refractivity contribution in [3.63, 3.8) is 0 Å². The van der Waals surface area contributed by atoms with Crippen LogP contribution in [0.25, 0.3) is 0 Å². The molecule has 2 aromatic carbocycles. The van der Waals surface area contributed by atoms with Crippen LogP contribution in [0.4, 0.5) is 10.3 Å². The van der Waals surface area contributed by atoms with Gasteiger partial charge in [-0.25, -0.2) is 17.8 Å². The van der Waals surface area contributed by atoms with Gasteiger partial charge in [-0.3, -0.25) is 0 Å². The minimum atomic E-state index is -3.73. The Morgan fingerprint density at radius 1 is 1.00 bits per heavy atom. The summed E-state index contributed by atoms with van der Waals surface area (Å²) >= 11 is 0. The molecule has 2 aliphatic heterocycles. The van der Waals surface area contributed by atoms with Crippen molar-refractivity contribution in [1.82, 2.24) is 19.2 Å². The van der Waals surface area contributed by atoms with Gasteiger partial charge in [0.2, 0.25) is 21.9 Å². The molecule has 0 atom stereocenters. The summed E-state index contributed by atoms with van der Waals surface area (Å²) in [5.41, 5.74) is 1.53. The fourth-order valence-corrected chi connectivity index (χ4v) is 7.85. The molecule has 3 aromatic rings. The first kappa shape index (κ1) is 33.1. The van der Waals surface area contributed by atoms with Crippen molar-refractivity contribution in [2.24, 2.45) is 0 Å². The number of methoxy groups -OCH3 is 1. The summed E-state index contributed by atoms with van der Waals surface area (Å²) < 4.78 is 60.0. The number of aromatic nitrogens is 2. The lowest BCUT2D eigenvalue weighted by atomic mass is 9.84. The van der Waals surface area contributed by atoms with Crippen molar-refractivity contribution in [3.05, 3.63) is 71.2 Å². The summed E-state index contributed by atoms with van der Waals surface area (Å²) in [5, 5.41) is 0. The molecule has 0 amide bonds. The van der Waals surface area contributed by atoms with E-state index in [2.05, 4.69) is 19.8 Å². The maximum atomic E-state index is 14.3. The summed E-state index contributed by atoms with van der Waals surface area (Å²) in [6, 6.07) is 11.8. The molecule has 12 heteroatoms. The Hall–Kier alpha value is -3.32. The van der Waals surface area contributed by atoms with Crippen molar-refractivity contribution >= 4 is 16.0 Å². The third-order valence-corrected chi connectivity index (χ3v) is 11.0. The molecule has 0 aliphatic carbocycles. The third-order valence-electron chi connectivity index (χ3n) is 8.80. The molecule has 244 valence electrons. The molecule has 2 fully saturated rings. The van der Waals surface area contributed by atoms with E-state index in [9.17, 15) is 12.8 Å². The van der Waals surface area contributed by atoms with Gasteiger partial charge in [0, 0.05) is 45.5 Å². The lowest BCUT2D eigenvalue weighted by molar-refractivity contribution is -0.0727. The zero-order chi connectivity index (χ0) is 32.0. The number of nitrogens with zero attached hydrogens (tertiary/aromatic N) is 5. The Bertz CT molecular complexity index is 1540. The molecule has 0 N–H and O–H groups in total. The van der Waals surface area contributed by atoms with Crippen molar-refractivity contribution in [1.29, 1.82) is 0 Å². The molecule has 10 nitrogen and oxygen atoms in total. The molecule has 2 saturated heterocycles. The summed E-state index contributed by atoms with van der Waals surface area (Å²) in [5.74, 6) is 1.25.